The van der Waals surface area contributed by atoms with Crippen LogP contribution < -0.4 is 5.32 Å². The van der Waals surface area contributed by atoms with Gasteiger partial charge in [-0.2, -0.15) is 0 Å². The van der Waals surface area contributed by atoms with Gasteiger partial charge in [-0.05, 0) is 86.0 Å². The first-order chi connectivity index (χ1) is 28.8. The lowest BCUT2D eigenvalue weighted by molar-refractivity contribution is -0.298. The molecule has 0 radical (unpaired) electrons. The maximum absolute atomic E-state index is 14.8. The van der Waals surface area contributed by atoms with Gasteiger partial charge in [-0.3, -0.25) is 24.2 Å². The van der Waals surface area contributed by atoms with Crippen molar-refractivity contribution in [2.24, 2.45) is 23.7 Å². The summed E-state index contributed by atoms with van der Waals surface area (Å²) >= 11 is 0. The molecule has 0 aromatic carbocycles. The van der Waals surface area contributed by atoms with Crippen LogP contribution in [0.1, 0.15) is 94.4 Å². The van der Waals surface area contributed by atoms with E-state index in [-0.39, 0.29) is 30.4 Å². The van der Waals surface area contributed by atoms with Crippen LogP contribution in [0.2, 0.25) is 0 Å². The molecule has 3 aliphatic heterocycles. The monoisotopic (exact) mass is 852 g/mol. The van der Waals surface area contributed by atoms with Crippen LogP contribution in [0.15, 0.2) is 37.1 Å². The number of hydrogen-bond acceptors (Lipinski definition) is 13. The summed E-state index contributed by atoms with van der Waals surface area (Å²) in [7, 11) is 5.27. The van der Waals surface area contributed by atoms with Gasteiger partial charge in [-0.25, -0.2) is 9.78 Å². The van der Waals surface area contributed by atoms with E-state index in [4.69, 9.17) is 23.7 Å². The molecule has 2 amide bonds. The predicted molar refractivity (Wildman–Crippen MR) is 226 cm³/mol. The van der Waals surface area contributed by atoms with Gasteiger partial charge in [-0.1, -0.05) is 27.7 Å². The highest BCUT2D eigenvalue weighted by Crippen LogP contribution is 2.41. The zero-order valence-corrected chi connectivity index (χ0v) is 38.1. The fourth-order valence-corrected chi connectivity index (χ4v) is 9.90. The minimum atomic E-state index is -1.29. The molecule has 3 saturated heterocycles. The molecule has 0 unspecified atom stereocenters. The second-order valence-electron chi connectivity index (χ2n) is 18.1. The SMILES string of the molecule is CC[C@H]1OC(=O)[C@H](C)C(=O)[C@H](C)[C@@H](O[C@@H]2O[C@H](C)C[C@H](N(C)C)[C@H]2OC(C)=O)[C@](C)(OC)C[C@@H](C)C(=O)[C@H](C)[C@H]2N(CCCCn3cnc(-c4cccnc4)c3)C(=O)N[C@]12C. The van der Waals surface area contributed by atoms with Crippen LogP contribution in [-0.4, -0.2) is 136 Å². The van der Waals surface area contributed by atoms with Gasteiger partial charge < -0.3 is 43.4 Å². The number of carbonyl (C=O) groups is 5. The third kappa shape index (κ3) is 10.3. The van der Waals surface area contributed by atoms with Crippen molar-refractivity contribution in [2.45, 2.75) is 155 Å². The van der Waals surface area contributed by atoms with Crippen LogP contribution in [0.25, 0.3) is 11.3 Å². The minimum Gasteiger partial charge on any atom is -0.459 e. The van der Waals surface area contributed by atoms with Crippen molar-refractivity contribution in [1.82, 2.24) is 29.7 Å². The summed E-state index contributed by atoms with van der Waals surface area (Å²) in [6, 6.07) is 2.50. The molecular weight excluding hydrogens is 785 g/mol. The van der Waals surface area contributed by atoms with Crippen LogP contribution in [0.3, 0.4) is 0 Å². The number of likely N-dealkylation sites (N-methyl/N-ethyl adjacent to an activating group) is 1. The number of ether oxygens (including phenoxy) is 5. The molecule has 1 N–H and O–H groups in total. The molecule has 338 valence electrons. The van der Waals surface area contributed by atoms with Crippen LogP contribution in [0, 0.1) is 23.7 Å². The number of aromatic nitrogens is 3. The van der Waals surface area contributed by atoms with Gasteiger partial charge in [-0.15, -0.1) is 0 Å². The van der Waals surface area contributed by atoms with Gasteiger partial charge in [0.25, 0.3) is 0 Å². The predicted octanol–water partition coefficient (Wildman–Crippen LogP) is 5.07. The van der Waals surface area contributed by atoms with E-state index in [9.17, 15) is 24.0 Å². The number of hydrogen-bond donors (Lipinski definition) is 1. The first-order valence-electron chi connectivity index (χ1n) is 21.7. The number of fused-ring (bicyclic) bond motifs is 1. The van der Waals surface area contributed by atoms with Crippen LogP contribution in [0.4, 0.5) is 4.79 Å². The number of pyridine rings is 1. The minimum absolute atomic E-state index is 0.124. The molecule has 5 rings (SSSR count). The second-order valence-corrected chi connectivity index (χ2v) is 18.1. The van der Waals surface area contributed by atoms with Gasteiger partial charge in [0.15, 0.2) is 18.2 Å². The Hall–Kier alpha value is -4.25. The molecule has 0 aliphatic carbocycles. The van der Waals surface area contributed by atoms with Crippen molar-refractivity contribution >= 4 is 29.5 Å². The van der Waals surface area contributed by atoms with Crippen molar-refractivity contribution in [3.8, 4) is 11.3 Å². The molecule has 0 bridgehead atoms. The molecule has 16 nitrogen and oxygen atoms in total. The summed E-state index contributed by atoms with van der Waals surface area (Å²) in [6.07, 6.45) is 5.39. The Labute approximate surface area is 360 Å². The van der Waals surface area contributed by atoms with Gasteiger partial charge in [0.2, 0.25) is 0 Å². The van der Waals surface area contributed by atoms with Crippen LogP contribution in [-0.2, 0) is 49.4 Å². The van der Waals surface area contributed by atoms with Crippen LogP contribution in [0.5, 0.6) is 0 Å². The Kier molecular flexibility index (Phi) is 15.6. The number of ketones is 2. The molecule has 2 aromatic heterocycles. The Morgan fingerprint density at radius 1 is 1.03 bits per heavy atom. The summed E-state index contributed by atoms with van der Waals surface area (Å²) in [5.74, 6) is -5.40. The molecule has 61 heavy (non-hydrogen) atoms. The lowest BCUT2D eigenvalue weighted by atomic mass is 9.72. The first kappa shape index (κ1) is 47.8. The highest BCUT2D eigenvalue weighted by molar-refractivity contribution is 6.00. The van der Waals surface area contributed by atoms with Crippen molar-refractivity contribution in [3.63, 3.8) is 0 Å². The molecule has 3 aliphatic rings. The normalized spacial score (nSPS) is 35.4. The maximum atomic E-state index is 14.8. The van der Waals surface area contributed by atoms with E-state index in [1.807, 2.05) is 76.5 Å². The zero-order chi connectivity index (χ0) is 45.0. The van der Waals surface area contributed by atoms with Crippen molar-refractivity contribution < 1.29 is 47.7 Å². The molecule has 0 saturated carbocycles. The van der Waals surface area contributed by atoms with E-state index < -0.39 is 83.2 Å². The number of esters is 2. The fraction of sp³-hybridized carbons (Fsp3) is 0.711. The number of rotatable bonds is 12. The molecule has 2 aromatic rings. The summed E-state index contributed by atoms with van der Waals surface area (Å²) in [4.78, 5) is 82.2. The van der Waals surface area contributed by atoms with E-state index >= 15 is 0 Å². The van der Waals surface area contributed by atoms with Gasteiger partial charge in [0.05, 0.1) is 47.5 Å². The summed E-state index contributed by atoms with van der Waals surface area (Å²) in [5, 5.41) is 3.13. The molecule has 13 atom stereocenters. The quantitative estimate of drug-likeness (QED) is 0.170. The topological polar surface area (TPSA) is 181 Å². The maximum Gasteiger partial charge on any atom is 0.318 e. The number of unbranched alkanes of at least 4 members (excludes halogenated alkanes) is 1. The number of methoxy groups -OCH3 is 1. The highest BCUT2D eigenvalue weighted by atomic mass is 16.7. The van der Waals surface area contributed by atoms with Crippen molar-refractivity contribution in [1.29, 1.82) is 0 Å². The molecule has 3 fully saturated rings. The molecule has 16 heteroatoms. The second kappa shape index (κ2) is 19.9. The summed E-state index contributed by atoms with van der Waals surface area (Å²) < 4.78 is 33.4. The molecular formula is C45H68N6O10. The third-order valence-electron chi connectivity index (χ3n) is 13.2. The van der Waals surface area contributed by atoms with E-state index in [1.54, 1.807) is 37.5 Å². The Bertz CT molecular complexity index is 1860. The number of cyclic esters (lactones) is 1. The number of urea groups is 1. The largest absolute Gasteiger partial charge is 0.459 e. The number of nitrogens with one attached hydrogen (secondary N) is 1. The number of carbonyl (C=O) groups excluding carboxylic acids is 5. The number of nitrogens with zero attached hydrogens (tertiary/aromatic N) is 5. The van der Waals surface area contributed by atoms with Gasteiger partial charge in [0, 0.05) is 69.0 Å². The Morgan fingerprint density at radius 3 is 2.36 bits per heavy atom. The number of Topliss-reactive ketones (excluding diaryl/α,β-unsaturated/α-hetero) is 2. The van der Waals surface area contributed by atoms with E-state index in [0.29, 0.717) is 32.4 Å². The third-order valence-corrected chi connectivity index (χ3v) is 13.2. The standard InChI is InChI=1S/C45H68N6O10/c1-13-35-45(9)39(51(43(56)48-45)20-15-14-19-50-24-33(47-25-50)32-17-16-18-46-23-32)28(4)36(53)26(2)22-44(8,57-12)40(29(5)37(54)30(6)41(55)60-35)61-42-38(59-31(7)52)34(49(10)11)21-27(3)58-42/h16-18,23-30,34-35,38-40,42H,13-15,19-22H2,1-12H3,(H,48,56)/t26-,27-,28+,29+,30-,34+,35-,38-,39-,40-,42+,44-,45-/m1/s1. The lowest BCUT2D eigenvalue weighted by Gasteiger charge is -2.48. The zero-order valence-electron chi connectivity index (χ0n) is 38.1. The molecule has 5 heterocycles. The van der Waals surface area contributed by atoms with E-state index in [2.05, 4.69) is 15.3 Å². The smallest absolute Gasteiger partial charge is 0.318 e. The fourth-order valence-electron chi connectivity index (χ4n) is 9.90. The Morgan fingerprint density at radius 2 is 1.74 bits per heavy atom. The number of aryl methyl sites for hydroxylation is 1. The average molecular weight is 853 g/mol. The molecule has 0 spiro atoms. The first-order valence-corrected chi connectivity index (χ1v) is 21.7. The number of imidazole rings is 1. The van der Waals surface area contributed by atoms with E-state index in [1.165, 1.54) is 21.0 Å². The van der Waals surface area contributed by atoms with Gasteiger partial charge in [0.1, 0.15) is 17.8 Å². The number of amides is 2. The van der Waals surface area contributed by atoms with Crippen molar-refractivity contribution in [3.05, 3.63) is 37.1 Å². The summed E-state index contributed by atoms with van der Waals surface area (Å²) in [6.45, 7) is 16.5. The highest BCUT2D eigenvalue weighted by Gasteiger charge is 2.58. The van der Waals surface area contributed by atoms with Gasteiger partial charge >= 0.3 is 18.0 Å². The average Bonchev–Trinajstić information content (AvgIpc) is 3.80. The van der Waals surface area contributed by atoms with E-state index in [0.717, 1.165) is 17.7 Å². The Balaban J connectivity index is 1.46. The van der Waals surface area contributed by atoms with Crippen LogP contribution >= 0.6 is 0 Å². The lowest BCUT2D eigenvalue weighted by Crippen LogP contribution is -2.62. The van der Waals surface area contributed by atoms with Crippen molar-refractivity contribution in [2.75, 3.05) is 27.7 Å². The summed E-state index contributed by atoms with van der Waals surface area (Å²) in [5.41, 5.74) is -0.724.